The van der Waals surface area contributed by atoms with Crippen LogP contribution < -0.4 is 10.6 Å². The number of amides is 1. The van der Waals surface area contributed by atoms with E-state index >= 15 is 0 Å². The van der Waals surface area contributed by atoms with Gasteiger partial charge in [-0.1, -0.05) is 58.3 Å². The third-order valence-corrected chi connectivity index (χ3v) is 3.87. The highest BCUT2D eigenvalue weighted by Gasteiger charge is 2.00. The molecule has 1 amide bonds. The fraction of sp³-hybridized carbons (Fsp3) is 0.944. The summed E-state index contributed by atoms with van der Waals surface area (Å²) in [6, 6.07) is 0. The van der Waals surface area contributed by atoms with E-state index in [1.54, 1.807) is 0 Å². The zero-order valence-electron chi connectivity index (χ0n) is 15.3. The first-order valence-corrected chi connectivity index (χ1v) is 9.29. The molecule has 0 saturated carbocycles. The molecule has 0 aliphatic carbocycles. The molecule has 132 valence electrons. The number of hydrogen-bond donors (Lipinski definition) is 2. The molecule has 4 nitrogen and oxygen atoms in total. The number of rotatable bonds is 16. The van der Waals surface area contributed by atoms with E-state index in [0.717, 1.165) is 32.6 Å². The monoisotopic (exact) mass is 313 g/mol. The van der Waals surface area contributed by atoms with Crippen molar-refractivity contribution < 1.29 is 4.79 Å². The van der Waals surface area contributed by atoms with Crippen LogP contribution in [-0.2, 0) is 4.79 Å². The zero-order chi connectivity index (χ0) is 16.5. The summed E-state index contributed by atoms with van der Waals surface area (Å²) in [5.74, 6) is 0.206. The molecule has 2 N–H and O–H groups in total. The lowest BCUT2D eigenvalue weighted by Crippen LogP contribution is -2.34. The topological polar surface area (TPSA) is 44.4 Å². The molecule has 0 saturated heterocycles. The number of hydrogen-bond acceptors (Lipinski definition) is 3. The van der Waals surface area contributed by atoms with Crippen molar-refractivity contribution in [1.29, 1.82) is 0 Å². The van der Waals surface area contributed by atoms with Crippen LogP contribution in [0.1, 0.15) is 71.1 Å². The highest BCUT2D eigenvalue weighted by molar-refractivity contribution is 5.75. The first kappa shape index (κ1) is 21.4. The predicted molar refractivity (Wildman–Crippen MR) is 96.3 cm³/mol. The fourth-order valence-corrected chi connectivity index (χ4v) is 2.40. The highest BCUT2D eigenvalue weighted by atomic mass is 16.1. The Balaban J connectivity index is 3.16. The maximum Gasteiger partial charge on any atom is 0.220 e. The number of carbonyl (C=O) groups is 1. The minimum atomic E-state index is 0.206. The highest BCUT2D eigenvalue weighted by Crippen LogP contribution is 2.10. The van der Waals surface area contributed by atoms with Gasteiger partial charge in [0.1, 0.15) is 0 Å². The van der Waals surface area contributed by atoms with Crippen LogP contribution in [0.4, 0.5) is 0 Å². The van der Waals surface area contributed by atoms with E-state index in [1.807, 2.05) is 0 Å². The zero-order valence-corrected chi connectivity index (χ0v) is 15.3. The molecular formula is C18H39N3O. The van der Waals surface area contributed by atoms with E-state index in [0.29, 0.717) is 6.42 Å². The lowest BCUT2D eigenvalue weighted by atomic mass is 10.1. The molecule has 0 rings (SSSR count). The lowest BCUT2D eigenvalue weighted by molar-refractivity contribution is -0.121. The minimum absolute atomic E-state index is 0.206. The normalized spacial score (nSPS) is 11.1. The SMILES string of the molecule is CCCCCCCCCCCC(=O)NCCNCCN(C)C. The number of carbonyl (C=O) groups excluding carboxylic acids is 1. The molecule has 0 spiro atoms. The van der Waals surface area contributed by atoms with Gasteiger partial charge in [0.2, 0.25) is 5.91 Å². The van der Waals surface area contributed by atoms with Gasteiger partial charge < -0.3 is 15.5 Å². The quantitative estimate of drug-likeness (QED) is 0.430. The van der Waals surface area contributed by atoms with Gasteiger partial charge in [0.15, 0.2) is 0 Å². The second kappa shape index (κ2) is 16.8. The van der Waals surface area contributed by atoms with Gasteiger partial charge in [-0.05, 0) is 20.5 Å². The van der Waals surface area contributed by atoms with Crippen LogP contribution in [0.25, 0.3) is 0 Å². The van der Waals surface area contributed by atoms with E-state index in [1.165, 1.54) is 51.4 Å². The number of unbranched alkanes of at least 4 members (excludes halogenated alkanes) is 8. The Morgan fingerprint density at radius 1 is 0.818 bits per heavy atom. The number of likely N-dealkylation sites (N-methyl/N-ethyl adjacent to an activating group) is 1. The number of nitrogens with one attached hydrogen (secondary N) is 2. The van der Waals surface area contributed by atoms with Crippen molar-refractivity contribution in [2.24, 2.45) is 0 Å². The summed E-state index contributed by atoms with van der Waals surface area (Å²) < 4.78 is 0. The molecule has 0 radical (unpaired) electrons. The summed E-state index contributed by atoms with van der Waals surface area (Å²) in [6.45, 7) is 5.86. The third-order valence-electron chi connectivity index (χ3n) is 3.87. The second-order valence-electron chi connectivity index (χ2n) is 6.48. The Labute approximate surface area is 138 Å². The van der Waals surface area contributed by atoms with Crippen molar-refractivity contribution in [3.05, 3.63) is 0 Å². The first-order chi connectivity index (χ1) is 10.7. The van der Waals surface area contributed by atoms with Crippen LogP contribution in [0.5, 0.6) is 0 Å². The molecule has 4 heteroatoms. The lowest BCUT2D eigenvalue weighted by Gasteiger charge is -2.10. The van der Waals surface area contributed by atoms with Crippen LogP contribution >= 0.6 is 0 Å². The molecule has 0 aromatic carbocycles. The number of nitrogens with zero attached hydrogens (tertiary/aromatic N) is 1. The predicted octanol–water partition coefficient (Wildman–Crippen LogP) is 3.17. The Morgan fingerprint density at radius 2 is 1.41 bits per heavy atom. The average molecular weight is 314 g/mol. The maximum absolute atomic E-state index is 11.6. The summed E-state index contributed by atoms with van der Waals surface area (Å²) >= 11 is 0. The molecule has 0 fully saturated rings. The molecule has 0 aromatic heterocycles. The van der Waals surface area contributed by atoms with E-state index in [9.17, 15) is 4.79 Å². The van der Waals surface area contributed by atoms with Crippen LogP contribution in [0.15, 0.2) is 0 Å². The summed E-state index contributed by atoms with van der Waals surface area (Å²) in [7, 11) is 4.13. The van der Waals surface area contributed by atoms with Gasteiger partial charge in [-0.25, -0.2) is 0 Å². The van der Waals surface area contributed by atoms with Gasteiger partial charge in [0.05, 0.1) is 0 Å². The van der Waals surface area contributed by atoms with Crippen LogP contribution in [0, 0.1) is 0 Å². The van der Waals surface area contributed by atoms with Gasteiger partial charge in [-0.2, -0.15) is 0 Å². The summed E-state index contributed by atoms with van der Waals surface area (Å²) in [5, 5.41) is 6.30. The van der Waals surface area contributed by atoms with Gasteiger partial charge >= 0.3 is 0 Å². The summed E-state index contributed by atoms with van der Waals surface area (Å²) in [6.07, 6.45) is 12.4. The van der Waals surface area contributed by atoms with Gasteiger partial charge in [0.25, 0.3) is 0 Å². The molecule has 0 aromatic rings. The molecule has 0 atom stereocenters. The van der Waals surface area contributed by atoms with Gasteiger partial charge in [-0.3, -0.25) is 4.79 Å². The second-order valence-corrected chi connectivity index (χ2v) is 6.48. The van der Waals surface area contributed by atoms with Crippen LogP contribution in [-0.4, -0.2) is 51.1 Å². The minimum Gasteiger partial charge on any atom is -0.355 e. The van der Waals surface area contributed by atoms with Crippen molar-refractivity contribution >= 4 is 5.91 Å². The van der Waals surface area contributed by atoms with Crippen molar-refractivity contribution in [2.45, 2.75) is 71.1 Å². The molecule has 0 aliphatic heterocycles. The van der Waals surface area contributed by atoms with Crippen molar-refractivity contribution in [3.8, 4) is 0 Å². The van der Waals surface area contributed by atoms with Crippen molar-refractivity contribution in [3.63, 3.8) is 0 Å². The molecule has 0 aliphatic rings. The maximum atomic E-state index is 11.6. The van der Waals surface area contributed by atoms with Crippen LogP contribution in [0.3, 0.4) is 0 Å². The first-order valence-electron chi connectivity index (χ1n) is 9.29. The molecule has 22 heavy (non-hydrogen) atoms. The molecule has 0 bridgehead atoms. The fourth-order valence-electron chi connectivity index (χ4n) is 2.40. The van der Waals surface area contributed by atoms with Crippen molar-refractivity contribution in [1.82, 2.24) is 15.5 Å². The van der Waals surface area contributed by atoms with E-state index < -0.39 is 0 Å². The van der Waals surface area contributed by atoms with Gasteiger partial charge in [0, 0.05) is 32.6 Å². The molecular weight excluding hydrogens is 274 g/mol. The van der Waals surface area contributed by atoms with Gasteiger partial charge in [-0.15, -0.1) is 0 Å². The van der Waals surface area contributed by atoms with E-state index in [4.69, 9.17) is 0 Å². The van der Waals surface area contributed by atoms with Crippen molar-refractivity contribution in [2.75, 3.05) is 40.3 Å². The van der Waals surface area contributed by atoms with E-state index in [2.05, 4.69) is 36.6 Å². The third kappa shape index (κ3) is 17.4. The van der Waals surface area contributed by atoms with Crippen LogP contribution in [0.2, 0.25) is 0 Å². The Morgan fingerprint density at radius 3 is 2.00 bits per heavy atom. The largest absolute Gasteiger partial charge is 0.355 e. The summed E-state index contributed by atoms with van der Waals surface area (Å²) in [4.78, 5) is 13.8. The Hall–Kier alpha value is -0.610. The standard InChI is InChI=1S/C18H39N3O/c1-4-5-6-7-8-9-10-11-12-13-18(22)20-15-14-19-16-17-21(2)3/h19H,4-17H2,1-3H3,(H,20,22). The molecule has 0 heterocycles. The van der Waals surface area contributed by atoms with E-state index in [-0.39, 0.29) is 5.91 Å². The Bertz CT molecular complexity index is 244. The molecule has 0 unspecified atom stereocenters. The average Bonchev–Trinajstić information content (AvgIpc) is 2.48. The summed E-state index contributed by atoms with van der Waals surface area (Å²) in [5.41, 5.74) is 0. The Kier molecular flexibility index (Phi) is 16.3. The smallest absolute Gasteiger partial charge is 0.220 e.